The Hall–Kier alpha value is -2.15. The van der Waals surface area contributed by atoms with Crippen LogP contribution in [0.3, 0.4) is 0 Å². The highest BCUT2D eigenvalue weighted by Gasteiger charge is 2.21. The van der Waals surface area contributed by atoms with Crippen LogP contribution in [0.1, 0.15) is 23.1 Å². The summed E-state index contributed by atoms with van der Waals surface area (Å²) in [6, 6.07) is 8.93. The summed E-state index contributed by atoms with van der Waals surface area (Å²) in [5.74, 6) is 0.279. The summed E-state index contributed by atoms with van der Waals surface area (Å²) in [6.07, 6.45) is 1.68. The molecule has 4 rings (SSSR count). The zero-order valence-electron chi connectivity index (χ0n) is 15.0. The van der Waals surface area contributed by atoms with Crippen molar-refractivity contribution in [3.63, 3.8) is 0 Å². The fraction of sp³-hybridized carbons (Fsp3) is 0.150. The lowest BCUT2D eigenvalue weighted by Crippen LogP contribution is -2.06. The molecule has 2 aromatic heterocycles. The Bertz CT molecular complexity index is 1250. The molecule has 0 aliphatic heterocycles. The van der Waals surface area contributed by atoms with Crippen molar-refractivity contribution in [3.8, 4) is 5.69 Å². The number of imidazole rings is 1. The number of halogens is 3. The van der Waals surface area contributed by atoms with E-state index in [1.165, 1.54) is 0 Å². The molecule has 2 aromatic carbocycles. The molecule has 4 aromatic rings. The molecule has 0 unspecified atom stereocenters. The summed E-state index contributed by atoms with van der Waals surface area (Å²) in [5.41, 5.74) is 3.09. The number of hydrogen-bond donors (Lipinski definition) is 0. The van der Waals surface area contributed by atoms with Gasteiger partial charge in [0.1, 0.15) is 11.3 Å². The van der Waals surface area contributed by atoms with Crippen molar-refractivity contribution in [2.24, 2.45) is 0 Å². The van der Waals surface area contributed by atoms with E-state index in [1.54, 1.807) is 31.3 Å². The average Bonchev–Trinajstić information content (AvgIpc) is 2.99. The van der Waals surface area contributed by atoms with Gasteiger partial charge in [0.15, 0.2) is 0 Å². The third kappa shape index (κ3) is 3.05. The maximum absolute atomic E-state index is 12.4. The van der Waals surface area contributed by atoms with Crippen LogP contribution in [0, 0.1) is 6.92 Å². The number of carbonyl (C=O) groups excluding carboxylic acids is 1. The summed E-state index contributed by atoms with van der Waals surface area (Å²) in [7, 11) is 0. The first-order valence-electron chi connectivity index (χ1n) is 8.51. The van der Waals surface area contributed by atoms with Gasteiger partial charge in [-0.3, -0.25) is 9.55 Å². The number of ether oxygens (including phenoxy) is 1. The lowest BCUT2D eigenvalue weighted by atomic mass is 10.1. The number of aryl methyl sites for hydroxylation is 1. The van der Waals surface area contributed by atoms with Crippen molar-refractivity contribution >= 4 is 67.0 Å². The van der Waals surface area contributed by atoms with Crippen molar-refractivity contribution in [2.45, 2.75) is 13.8 Å². The van der Waals surface area contributed by atoms with E-state index in [1.807, 2.05) is 23.6 Å². The minimum atomic E-state index is -0.417. The molecule has 0 amide bonds. The van der Waals surface area contributed by atoms with Crippen LogP contribution < -0.4 is 0 Å². The van der Waals surface area contributed by atoms with Crippen LogP contribution in [0.5, 0.6) is 0 Å². The van der Waals surface area contributed by atoms with Gasteiger partial charge < -0.3 is 4.74 Å². The highest BCUT2D eigenvalue weighted by Crippen LogP contribution is 2.36. The molecule has 0 aliphatic carbocycles. The summed E-state index contributed by atoms with van der Waals surface area (Å²) < 4.78 is 7.88. The molecule has 28 heavy (non-hydrogen) atoms. The topological polar surface area (TPSA) is 57.0 Å². The zero-order valence-corrected chi connectivity index (χ0v) is 18.1. The quantitative estimate of drug-likeness (QED) is 0.332. The van der Waals surface area contributed by atoms with Crippen LogP contribution in [-0.2, 0) is 4.74 Å². The zero-order chi connectivity index (χ0) is 20.0. The average molecular weight is 479 g/mol. The molecule has 0 N–H and O–H groups in total. The fourth-order valence-electron chi connectivity index (χ4n) is 3.29. The lowest BCUT2D eigenvalue weighted by molar-refractivity contribution is 0.0528. The van der Waals surface area contributed by atoms with Crippen LogP contribution in [0.4, 0.5) is 0 Å². The maximum atomic E-state index is 12.4. The number of benzene rings is 2. The molecule has 0 saturated heterocycles. The van der Waals surface area contributed by atoms with Crippen molar-refractivity contribution < 1.29 is 9.53 Å². The van der Waals surface area contributed by atoms with Gasteiger partial charge in [0.2, 0.25) is 0 Å². The summed E-state index contributed by atoms with van der Waals surface area (Å²) in [5, 5.41) is 1.76. The van der Waals surface area contributed by atoms with Crippen LogP contribution in [-0.4, -0.2) is 27.1 Å². The molecule has 0 spiro atoms. The first kappa shape index (κ1) is 19.2. The maximum Gasteiger partial charge on any atom is 0.340 e. The summed E-state index contributed by atoms with van der Waals surface area (Å²) in [4.78, 5) is 21.5. The summed E-state index contributed by atoms with van der Waals surface area (Å²) >= 11 is 16.3. The lowest BCUT2D eigenvalue weighted by Gasteiger charge is -2.13. The number of pyridine rings is 1. The van der Waals surface area contributed by atoms with Crippen LogP contribution in [0.15, 0.2) is 41.0 Å². The molecule has 5 nitrogen and oxygen atoms in total. The standard InChI is InChI=1S/C20H14BrCl2N3O2/c1-3-28-20(27)12-8-11(21)9-16-18(12)25-10(2)26(16)15-6-7-24-19-14(23)5-4-13(22)17(15)19/h4-9H,3H2,1-2H3. The Balaban J connectivity index is 2.09. The number of carbonyl (C=O) groups is 1. The number of esters is 1. The van der Waals surface area contributed by atoms with E-state index in [0.29, 0.717) is 32.5 Å². The molecular weight excluding hydrogens is 465 g/mol. The second kappa shape index (κ2) is 7.35. The molecule has 142 valence electrons. The van der Waals surface area contributed by atoms with E-state index in [-0.39, 0.29) is 6.61 Å². The Kier molecular flexibility index (Phi) is 5.04. The van der Waals surface area contributed by atoms with E-state index in [2.05, 4.69) is 25.9 Å². The molecule has 8 heteroatoms. The minimum Gasteiger partial charge on any atom is -0.462 e. The van der Waals surface area contributed by atoms with Crippen molar-refractivity contribution in [1.82, 2.24) is 14.5 Å². The van der Waals surface area contributed by atoms with Gasteiger partial charge in [0.25, 0.3) is 0 Å². The number of hydrogen-bond acceptors (Lipinski definition) is 4. The smallest absolute Gasteiger partial charge is 0.340 e. The molecule has 0 saturated carbocycles. The third-order valence-electron chi connectivity index (χ3n) is 4.40. The molecule has 0 bridgehead atoms. The third-order valence-corrected chi connectivity index (χ3v) is 5.48. The van der Waals surface area contributed by atoms with Gasteiger partial charge in [-0.2, -0.15) is 0 Å². The molecule has 0 fully saturated rings. The Morgan fingerprint density at radius 3 is 2.68 bits per heavy atom. The van der Waals surface area contributed by atoms with Crippen molar-refractivity contribution in [3.05, 3.63) is 62.4 Å². The van der Waals surface area contributed by atoms with Crippen LogP contribution in [0.25, 0.3) is 27.6 Å². The first-order chi connectivity index (χ1) is 13.4. The second-order valence-corrected chi connectivity index (χ2v) is 7.85. The molecule has 2 heterocycles. The van der Waals surface area contributed by atoms with E-state index < -0.39 is 5.97 Å². The van der Waals surface area contributed by atoms with Gasteiger partial charge in [-0.1, -0.05) is 39.1 Å². The fourth-order valence-corrected chi connectivity index (χ4v) is 4.19. The molecule has 0 radical (unpaired) electrons. The Morgan fingerprint density at radius 1 is 1.18 bits per heavy atom. The van der Waals surface area contributed by atoms with Crippen molar-refractivity contribution in [2.75, 3.05) is 6.61 Å². The second-order valence-electron chi connectivity index (χ2n) is 6.12. The molecule has 0 aliphatic rings. The van der Waals surface area contributed by atoms with Gasteiger partial charge in [-0.25, -0.2) is 9.78 Å². The Morgan fingerprint density at radius 2 is 1.93 bits per heavy atom. The monoisotopic (exact) mass is 477 g/mol. The largest absolute Gasteiger partial charge is 0.462 e. The summed E-state index contributed by atoms with van der Waals surface area (Å²) in [6.45, 7) is 3.93. The van der Waals surface area contributed by atoms with Gasteiger partial charge in [-0.15, -0.1) is 0 Å². The molecular formula is C20H14BrCl2N3O2. The normalized spacial score (nSPS) is 11.3. The molecule has 0 atom stereocenters. The van der Waals surface area contributed by atoms with Gasteiger partial charge in [0, 0.05) is 16.1 Å². The van der Waals surface area contributed by atoms with Crippen LogP contribution >= 0.6 is 39.1 Å². The number of aromatic nitrogens is 3. The predicted octanol–water partition coefficient (Wildman–Crippen LogP) is 6.13. The number of rotatable bonds is 3. The first-order valence-corrected chi connectivity index (χ1v) is 10.1. The van der Waals surface area contributed by atoms with E-state index in [4.69, 9.17) is 27.9 Å². The van der Waals surface area contributed by atoms with E-state index >= 15 is 0 Å². The van der Waals surface area contributed by atoms with E-state index in [9.17, 15) is 4.79 Å². The highest BCUT2D eigenvalue weighted by molar-refractivity contribution is 9.10. The number of fused-ring (bicyclic) bond motifs is 2. The number of nitrogens with zero attached hydrogens (tertiary/aromatic N) is 3. The van der Waals surface area contributed by atoms with Crippen LogP contribution in [0.2, 0.25) is 10.0 Å². The minimum absolute atomic E-state index is 0.287. The van der Waals surface area contributed by atoms with Gasteiger partial charge in [0.05, 0.1) is 38.9 Å². The SMILES string of the molecule is CCOC(=O)c1cc(Br)cc2c1nc(C)n2-c1ccnc2c(Cl)ccc(Cl)c12. The Labute approximate surface area is 179 Å². The highest BCUT2D eigenvalue weighted by atomic mass is 79.9. The van der Waals surface area contributed by atoms with Gasteiger partial charge in [-0.05, 0) is 44.2 Å². The van der Waals surface area contributed by atoms with E-state index in [0.717, 1.165) is 21.1 Å². The predicted molar refractivity (Wildman–Crippen MR) is 115 cm³/mol. The van der Waals surface area contributed by atoms with Crippen molar-refractivity contribution in [1.29, 1.82) is 0 Å². The van der Waals surface area contributed by atoms with Gasteiger partial charge >= 0.3 is 5.97 Å².